The summed E-state index contributed by atoms with van der Waals surface area (Å²) in [6, 6.07) is 8.86. The Morgan fingerprint density at radius 2 is 1.85 bits per heavy atom. The van der Waals surface area contributed by atoms with E-state index in [1.54, 1.807) is 18.2 Å². The fourth-order valence-corrected chi connectivity index (χ4v) is 2.46. The summed E-state index contributed by atoms with van der Waals surface area (Å²) in [5, 5.41) is 0. The lowest BCUT2D eigenvalue weighted by atomic mass is 10.3. The van der Waals surface area contributed by atoms with Crippen molar-refractivity contribution >= 4 is 17.4 Å². The smallest absolute Gasteiger partial charge is 0.167 e. The SMILES string of the molecule is CCCOc1cc(Sc2ccc(F)cc2)c(N)cc1F. The van der Waals surface area contributed by atoms with Crippen molar-refractivity contribution in [3.8, 4) is 5.75 Å². The third-order valence-electron chi connectivity index (χ3n) is 2.57. The molecule has 0 aliphatic heterocycles. The van der Waals surface area contributed by atoms with Crippen molar-refractivity contribution in [1.29, 1.82) is 0 Å². The minimum atomic E-state index is -0.473. The Labute approximate surface area is 120 Å². The molecule has 0 aromatic heterocycles. The maximum absolute atomic E-state index is 13.7. The molecule has 0 aliphatic rings. The van der Waals surface area contributed by atoms with Crippen molar-refractivity contribution < 1.29 is 13.5 Å². The Balaban J connectivity index is 2.24. The van der Waals surface area contributed by atoms with Gasteiger partial charge in [0, 0.05) is 21.5 Å². The van der Waals surface area contributed by atoms with E-state index in [0.29, 0.717) is 17.2 Å². The minimum Gasteiger partial charge on any atom is -0.490 e. The van der Waals surface area contributed by atoms with Crippen LogP contribution in [0.4, 0.5) is 14.5 Å². The van der Waals surface area contributed by atoms with Gasteiger partial charge in [0.1, 0.15) is 5.82 Å². The van der Waals surface area contributed by atoms with E-state index >= 15 is 0 Å². The summed E-state index contributed by atoms with van der Waals surface area (Å²) in [6.45, 7) is 2.39. The molecule has 0 radical (unpaired) electrons. The lowest BCUT2D eigenvalue weighted by molar-refractivity contribution is 0.300. The summed E-state index contributed by atoms with van der Waals surface area (Å²) in [6.07, 6.45) is 0.796. The molecule has 0 amide bonds. The zero-order valence-corrected chi connectivity index (χ0v) is 11.8. The average Bonchev–Trinajstić information content (AvgIpc) is 2.43. The van der Waals surface area contributed by atoms with Crippen molar-refractivity contribution in [3.63, 3.8) is 0 Å². The van der Waals surface area contributed by atoms with Crippen molar-refractivity contribution in [2.24, 2.45) is 0 Å². The summed E-state index contributed by atoms with van der Waals surface area (Å²) in [5.41, 5.74) is 6.14. The molecule has 2 aromatic carbocycles. The predicted octanol–water partition coefficient (Wildman–Crippen LogP) is 4.49. The van der Waals surface area contributed by atoms with Crippen LogP contribution in [0.2, 0.25) is 0 Å². The Hall–Kier alpha value is -1.75. The van der Waals surface area contributed by atoms with Gasteiger partial charge in [0.2, 0.25) is 0 Å². The van der Waals surface area contributed by atoms with Crippen LogP contribution in [0.15, 0.2) is 46.2 Å². The molecule has 5 heteroatoms. The van der Waals surface area contributed by atoms with E-state index in [-0.39, 0.29) is 11.6 Å². The standard InChI is InChI=1S/C15H15F2NOS/c1-2-7-19-14-9-15(13(18)8-12(14)17)20-11-5-3-10(16)4-6-11/h3-6,8-9H,2,7,18H2,1H3. The fraction of sp³-hybridized carbons (Fsp3) is 0.200. The predicted molar refractivity (Wildman–Crippen MR) is 77.1 cm³/mol. The van der Waals surface area contributed by atoms with Crippen molar-refractivity contribution in [2.45, 2.75) is 23.1 Å². The van der Waals surface area contributed by atoms with Gasteiger partial charge in [-0.1, -0.05) is 18.7 Å². The van der Waals surface area contributed by atoms with Gasteiger partial charge in [0.25, 0.3) is 0 Å². The third kappa shape index (κ3) is 3.63. The summed E-state index contributed by atoms with van der Waals surface area (Å²) < 4.78 is 31.9. The van der Waals surface area contributed by atoms with Gasteiger partial charge in [0.05, 0.1) is 6.61 Å². The minimum absolute atomic E-state index is 0.186. The highest BCUT2D eigenvalue weighted by Gasteiger charge is 2.10. The van der Waals surface area contributed by atoms with Crippen LogP contribution in [0.25, 0.3) is 0 Å². The molecular formula is C15H15F2NOS. The zero-order valence-electron chi connectivity index (χ0n) is 11.0. The van der Waals surface area contributed by atoms with E-state index in [1.807, 2.05) is 6.92 Å². The first-order valence-corrected chi connectivity index (χ1v) is 7.07. The first-order chi connectivity index (χ1) is 9.60. The van der Waals surface area contributed by atoms with Crippen LogP contribution < -0.4 is 10.5 Å². The molecule has 2 N–H and O–H groups in total. The van der Waals surface area contributed by atoms with Crippen LogP contribution in [0.3, 0.4) is 0 Å². The van der Waals surface area contributed by atoms with Gasteiger partial charge in [-0.3, -0.25) is 0 Å². The first-order valence-electron chi connectivity index (χ1n) is 6.25. The van der Waals surface area contributed by atoms with Gasteiger partial charge >= 0.3 is 0 Å². The van der Waals surface area contributed by atoms with Crippen LogP contribution in [0.1, 0.15) is 13.3 Å². The molecular weight excluding hydrogens is 280 g/mol. The molecule has 106 valence electrons. The van der Waals surface area contributed by atoms with Crippen molar-refractivity contribution in [3.05, 3.63) is 48.0 Å². The van der Waals surface area contributed by atoms with Gasteiger partial charge in [-0.05, 0) is 36.8 Å². The zero-order chi connectivity index (χ0) is 14.5. The molecule has 0 saturated heterocycles. The number of nitrogens with two attached hydrogens (primary N) is 1. The van der Waals surface area contributed by atoms with E-state index in [0.717, 1.165) is 11.3 Å². The van der Waals surface area contributed by atoms with Gasteiger partial charge in [-0.15, -0.1) is 0 Å². The maximum atomic E-state index is 13.7. The van der Waals surface area contributed by atoms with Crippen LogP contribution in [-0.2, 0) is 0 Å². The molecule has 20 heavy (non-hydrogen) atoms. The molecule has 0 atom stereocenters. The Morgan fingerprint density at radius 3 is 2.50 bits per heavy atom. The van der Waals surface area contributed by atoms with Gasteiger partial charge in [-0.25, -0.2) is 8.78 Å². The Morgan fingerprint density at radius 1 is 1.15 bits per heavy atom. The Kier molecular flexibility index (Phi) is 4.84. The maximum Gasteiger partial charge on any atom is 0.167 e. The van der Waals surface area contributed by atoms with Crippen LogP contribution in [0, 0.1) is 11.6 Å². The van der Waals surface area contributed by atoms with E-state index in [9.17, 15) is 8.78 Å². The second-order valence-electron chi connectivity index (χ2n) is 4.22. The van der Waals surface area contributed by atoms with E-state index < -0.39 is 5.82 Å². The molecule has 2 nitrogen and oxygen atoms in total. The second-order valence-corrected chi connectivity index (χ2v) is 5.34. The molecule has 0 spiro atoms. The number of anilines is 1. The van der Waals surface area contributed by atoms with Crippen LogP contribution in [0.5, 0.6) is 5.75 Å². The largest absolute Gasteiger partial charge is 0.490 e. The number of nitrogen functional groups attached to an aromatic ring is 1. The summed E-state index contributed by atoms with van der Waals surface area (Å²) >= 11 is 1.34. The topological polar surface area (TPSA) is 35.2 Å². The number of halogens is 2. The third-order valence-corrected chi connectivity index (χ3v) is 3.65. The normalized spacial score (nSPS) is 10.6. The highest BCUT2D eigenvalue weighted by molar-refractivity contribution is 7.99. The molecule has 0 aliphatic carbocycles. The molecule has 2 rings (SSSR count). The molecule has 0 bridgehead atoms. The Bertz CT molecular complexity index is 587. The number of hydrogen-bond donors (Lipinski definition) is 1. The van der Waals surface area contributed by atoms with Gasteiger partial charge in [-0.2, -0.15) is 0 Å². The number of ether oxygens (including phenoxy) is 1. The second kappa shape index (κ2) is 6.61. The van der Waals surface area contributed by atoms with Crippen LogP contribution >= 0.6 is 11.8 Å². The van der Waals surface area contributed by atoms with E-state index in [4.69, 9.17) is 10.5 Å². The quantitative estimate of drug-likeness (QED) is 0.826. The first kappa shape index (κ1) is 14.7. The lowest BCUT2D eigenvalue weighted by Crippen LogP contribution is -1.99. The van der Waals surface area contributed by atoms with Gasteiger partial charge < -0.3 is 10.5 Å². The highest BCUT2D eigenvalue weighted by Crippen LogP contribution is 2.36. The van der Waals surface area contributed by atoms with Crippen molar-refractivity contribution in [1.82, 2.24) is 0 Å². The molecule has 0 saturated carbocycles. The lowest BCUT2D eigenvalue weighted by Gasteiger charge is -2.11. The van der Waals surface area contributed by atoms with Crippen LogP contribution in [-0.4, -0.2) is 6.61 Å². The molecule has 0 heterocycles. The average molecular weight is 295 g/mol. The number of hydrogen-bond acceptors (Lipinski definition) is 3. The van der Waals surface area contributed by atoms with Crippen molar-refractivity contribution in [2.75, 3.05) is 12.3 Å². The number of benzene rings is 2. The molecule has 2 aromatic rings. The monoisotopic (exact) mass is 295 g/mol. The van der Waals surface area contributed by atoms with Gasteiger partial charge in [0.15, 0.2) is 11.6 Å². The summed E-state index contributed by atoms with van der Waals surface area (Å²) in [5.74, 6) is -0.585. The fourth-order valence-electron chi connectivity index (χ4n) is 1.59. The summed E-state index contributed by atoms with van der Waals surface area (Å²) in [4.78, 5) is 1.51. The summed E-state index contributed by atoms with van der Waals surface area (Å²) in [7, 11) is 0. The van der Waals surface area contributed by atoms with E-state index in [1.165, 1.54) is 30.0 Å². The number of rotatable bonds is 5. The highest BCUT2D eigenvalue weighted by atomic mass is 32.2. The molecule has 0 unspecified atom stereocenters. The van der Waals surface area contributed by atoms with E-state index in [2.05, 4.69) is 0 Å². The molecule has 0 fully saturated rings.